The van der Waals surface area contributed by atoms with Crippen molar-refractivity contribution in [1.29, 1.82) is 0 Å². The van der Waals surface area contributed by atoms with E-state index in [1.165, 1.54) is 16.8 Å². The highest BCUT2D eigenvalue weighted by Gasteiger charge is 2.34. The zero-order valence-corrected chi connectivity index (χ0v) is 17.0. The summed E-state index contributed by atoms with van der Waals surface area (Å²) in [6, 6.07) is 8.21. The summed E-state index contributed by atoms with van der Waals surface area (Å²) in [4.78, 5) is 24.7. The van der Waals surface area contributed by atoms with Crippen LogP contribution in [0, 0.1) is 17.5 Å². The van der Waals surface area contributed by atoms with Gasteiger partial charge in [0, 0.05) is 17.7 Å². The minimum atomic E-state index is -3.47. The molecule has 0 radical (unpaired) electrons. The van der Waals surface area contributed by atoms with E-state index in [1.54, 1.807) is 0 Å². The molecule has 0 saturated heterocycles. The van der Waals surface area contributed by atoms with E-state index in [0.29, 0.717) is 5.69 Å². The first kappa shape index (κ1) is 21.6. The molecule has 166 valence electrons. The third-order valence-corrected chi connectivity index (χ3v) is 6.23. The number of carbonyl (C=O) groups is 2. The van der Waals surface area contributed by atoms with Crippen LogP contribution in [-0.4, -0.2) is 30.0 Å². The second-order valence-electron chi connectivity index (χ2n) is 7.03. The Bertz CT molecular complexity index is 1320. The number of fused-ring (bicyclic) bond motifs is 1. The van der Waals surface area contributed by atoms with Crippen LogP contribution in [0.1, 0.15) is 16.8 Å². The van der Waals surface area contributed by atoms with Crippen LogP contribution in [0.4, 0.5) is 19.0 Å². The molecule has 2 N–H and O–H groups in total. The van der Waals surface area contributed by atoms with Crippen molar-refractivity contribution < 1.29 is 31.2 Å². The Balaban J connectivity index is 1.58. The topological polar surface area (TPSA) is 110 Å². The third kappa shape index (κ3) is 4.21. The van der Waals surface area contributed by atoms with Gasteiger partial charge in [0.1, 0.15) is 23.3 Å². The molecular formula is C20H15F3N4O4S. The Hall–Kier alpha value is -3.67. The van der Waals surface area contributed by atoms with Gasteiger partial charge in [0.25, 0.3) is 0 Å². The zero-order chi connectivity index (χ0) is 23.0. The van der Waals surface area contributed by atoms with Gasteiger partial charge in [-0.15, -0.1) is 0 Å². The van der Waals surface area contributed by atoms with Gasteiger partial charge in [-0.25, -0.2) is 26.3 Å². The van der Waals surface area contributed by atoms with E-state index >= 15 is 0 Å². The van der Waals surface area contributed by atoms with Crippen LogP contribution in [0.5, 0.6) is 0 Å². The molecule has 1 aliphatic rings. The van der Waals surface area contributed by atoms with E-state index in [1.807, 2.05) is 0 Å². The van der Waals surface area contributed by atoms with Crippen LogP contribution in [0.15, 0.2) is 42.5 Å². The van der Waals surface area contributed by atoms with Gasteiger partial charge in [0.05, 0.1) is 22.9 Å². The second kappa shape index (κ2) is 8.11. The number of nitrogens with one attached hydrogen (secondary N) is 2. The SMILES string of the molecule is O=C(NCc1c(F)cccc1F)C(=O)Nc1c2c(nn1-c1ccc(F)cc1)CS(=O)(=O)C2. The molecule has 2 aromatic carbocycles. The van der Waals surface area contributed by atoms with Gasteiger partial charge < -0.3 is 10.6 Å². The summed E-state index contributed by atoms with van der Waals surface area (Å²) >= 11 is 0. The molecule has 1 aliphatic heterocycles. The normalized spacial score (nSPS) is 14.1. The van der Waals surface area contributed by atoms with Crippen molar-refractivity contribution in [1.82, 2.24) is 15.1 Å². The average molecular weight is 464 g/mol. The second-order valence-corrected chi connectivity index (χ2v) is 9.10. The predicted molar refractivity (Wildman–Crippen MR) is 107 cm³/mol. The van der Waals surface area contributed by atoms with Crippen LogP contribution < -0.4 is 10.6 Å². The van der Waals surface area contributed by atoms with Crippen LogP contribution >= 0.6 is 0 Å². The molecule has 0 atom stereocenters. The summed E-state index contributed by atoms with van der Waals surface area (Å²) in [6.07, 6.45) is 0. The minimum absolute atomic E-state index is 0.0649. The molecule has 3 aromatic rings. The van der Waals surface area contributed by atoms with Gasteiger partial charge in [-0.1, -0.05) is 6.07 Å². The lowest BCUT2D eigenvalue weighted by Gasteiger charge is -2.11. The van der Waals surface area contributed by atoms with Gasteiger partial charge in [-0.3, -0.25) is 9.59 Å². The van der Waals surface area contributed by atoms with Crippen molar-refractivity contribution in [3.05, 3.63) is 76.7 Å². The fourth-order valence-corrected chi connectivity index (χ4v) is 4.75. The van der Waals surface area contributed by atoms with Gasteiger partial charge in [-0.05, 0) is 36.4 Å². The van der Waals surface area contributed by atoms with Gasteiger partial charge in [0.2, 0.25) is 0 Å². The molecule has 1 aromatic heterocycles. The fourth-order valence-electron chi connectivity index (χ4n) is 3.25. The number of hydrogen-bond donors (Lipinski definition) is 2. The van der Waals surface area contributed by atoms with Gasteiger partial charge >= 0.3 is 11.8 Å². The summed E-state index contributed by atoms with van der Waals surface area (Å²) in [5, 5.41) is 8.61. The van der Waals surface area contributed by atoms with Crippen molar-refractivity contribution in [2.45, 2.75) is 18.1 Å². The number of rotatable bonds is 4. The number of sulfone groups is 1. The van der Waals surface area contributed by atoms with Gasteiger partial charge in [0.15, 0.2) is 9.84 Å². The molecule has 32 heavy (non-hydrogen) atoms. The van der Waals surface area contributed by atoms with E-state index in [-0.39, 0.29) is 22.8 Å². The summed E-state index contributed by atoms with van der Waals surface area (Å²) in [6.45, 7) is -0.575. The minimum Gasteiger partial charge on any atom is -0.344 e. The summed E-state index contributed by atoms with van der Waals surface area (Å²) in [5.41, 5.74) is 0.299. The van der Waals surface area contributed by atoms with Crippen LogP contribution in [0.3, 0.4) is 0 Å². The number of hydrogen-bond acceptors (Lipinski definition) is 5. The smallest absolute Gasteiger partial charge is 0.314 e. The number of amides is 2. The Morgan fingerprint density at radius 2 is 1.62 bits per heavy atom. The number of anilines is 1. The highest BCUT2D eigenvalue weighted by Crippen LogP contribution is 2.33. The van der Waals surface area contributed by atoms with Gasteiger partial charge in [-0.2, -0.15) is 5.10 Å². The van der Waals surface area contributed by atoms with E-state index in [4.69, 9.17) is 0 Å². The average Bonchev–Trinajstić information content (AvgIpc) is 3.20. The molecule has 8 nitrogen and oxygen atoms in total. The van der Waals surface area contributed by atoms with Crippen molar-refractivity contribution in [2.75, 3.05) is 5.32 Å². The molecule has 0 aliphatic carbocycles. The lowest BCUT2D eigenvalue weighted by molar-refractivity contribution is -0.136. The molecule has 4 rings (SSSR count). The summed E-state index contributed by atoms with van der Waals surface area (Å²) in [7, 11) is -3.47. The maximum Gasteiger partial charge on any atom is 0.314 e. The molecular weight excluding hydrogens is 449 g/mol. The maximum atomic E-state index is 13.7. The lowest BCUT2D eigenvalue weighted by atomic mass is 10.2. The Morgan fingerprint density at radius 3 is 2.28 bits per heavy atom. The summed E-state index contributed by atoms with van der Waals surface area (Å²) in [5.74, 6) is -5.50. The lowest BCUT2D eigenvalue weighted by Crippen LogP contribution is -2.36. The molecule has 12 heteroatoms. The Kier molecular flexibility index (Phi) is 5.46. The predicted octanol–water partition coefficient (Wildman–Crippen LogP) is 1.97. The standard InChI is InChI=1S/C20H15F3N4O4S/c21-11-4-6-12(7-5-11)27-18(14-9-32(30,31)10-17(14)26-27)25-20(29)19(28)24-8-13-15(22)2-1-3-16(13)23/h1-7H,8-10H2,(H,24,28)(H,25,29). The zero-order valence-electron chi connectivity index (χ0n) is 16.2. The number of aromatic nitrogens is 2. The highest BCUT2D eigenvalue weighted by molar-refractivity contribution is 7.90. The first-order valence-electron chi connectivity index (χ1n) is 9.24. The molecule has 0 spiro atoms. The molecule has 0 fully saturated rings. The summed E-state index contributed by atoms with van der Waals surface area (Å²) < 4.78 is 65.8. The molecule has 0 bridgehead atoms. The van der Waals surface area contributed by atoms with Crippen LogP contribution in [0.2, 0.25) is 0 Å². The van der Waals surface area contributed by atoms with Crippen molar-refractivity contribution in [2.24, 2.45) is 0 Å². The number of nitrogens with zero attached hydrogens (tertiary/aromatic N) is 2. The van der Waals surface area contributed by atoms with Crippen LogP contribution in [0.25, 0.3) is 5.69 Å². The van der Waals surface area contributed by atoms with E-state index in [0.717, 1.165) is 30.3 Å². The van der Waals surface area contributed by atoms with Crippen LogP contribution in [-0.2, 0) is 37.5 Å². The Morgan fingerprint density at radius 1 is 0.969 bits per heavy atom. The third-order valence-electron chi connectivity index (χ3n) is 4.78. The number of benzene rings is 2. The number of carbonyl (C=O) groups excluding carboxylic acids is 2. The van der Waals surface area contributed by atoms with Crippen molar-refractivity contribution >= 4 is 27.5 Å². The van der Waals surface area contributed by atoms with E-state index in [9.17, 15) is 31.2 Å². The first-order valence-corrected chi connectivity index (χ1v) is 11.1. The fraction of sp³-hybridized carbons (Fsp3) is 0.150. The maximum absolute atomic E-state index is 13.7. The first-order chi connectivity index (χ1) is 15.1. The van der Waals surface area contributed by atoms with Crippen molar-refractivity contribution in [3.63, 3.8) is 0 Å². The number of halogens is 3. The molecule has 2 heterocycles. The van der Waals surface area contributed by atoms with E-state index in [2.05, 4.69) is 15.7 Å². The quantitative estimate of drug-likeness (QED) is 0.574. The monoisotopic (exact) mass is 464 g/mol. The molecule has 0 saturated carbocycles. The molecule has 0 unspecified atom stereocenters. The van der Waals surface area contributed by atoms with Crippen molar-refractivity contribution in [3.8, 4) is 5.69 Å². The Labute approximate surface area is 180 Å². The van der Waals surface area contributed by atoms with E-state index < -0.39 is 57.0 Å². The largest absolute Gasteiger partial charge is 0.344 e. The molecule has 2 amide bonds. The highest BCUT2D eigenvalue weighted by atomic mass is 32.2.